The second kappa shape index (κ2) is 7.23. The van der Waals surface area contributed by atoms with Gasteiger partial charge in [-0.3, -0.25) is 4.79 Å². The molecule has 1 aliphatic heterocycles. The first-order valence-electron chi connectivity index (χ1n) is 7.93. The van der Waals surface area contributed by atoms with Crippen LogP contribution in [0.1, 0.15) is 21.5 Å². The summed E-state index contributed by atoms with van der Waals surface area (Å²) in [5, 5.41) is 6.28. The van der Waals surface area contributed by atoms with Crippen LogP contribution >= 0.6 is 0 Å². The van der Waals surface area contributed by atoms with E-state index in [1.165, 1.54) is 5.56 Å². The number of carbonyl (C=O) groups is 1. The molecule has 2 aromatic rings. The maximum atomic E-state index is 12.4. The number of nitrogens with one attached hydrogen (secondary N) is 2. The summed E-state index contributed by atoms with van der Waals surface area (Å²) < 4.78 is 0. The van der Waals surface area contributed by atoms with E-state index in [9.17, 15) is 4.79 Å². The maximum Gasteiger partial charge on any atom is 0.251 e. The van der Waals surface area contributed by atoms with Gasteiger partial charge in [0, 0.05) is 31.1 Å². The third kappa shape index (κ3) is 3.74. The number of amides is 1. The zero-order valence-electron chi connectivity index (χ0n) is 12.7. The molecule has 0 bridgehead atoms. The van der Waals surface area contributed by atoms with E-state index in [1.807, 2.05) is 24.3 Å². The van der Waals surface area contributed by atoms with Crippen LogP contribution in [0.25, 0.3) is 0 Å². The highest BCUT2D eigenvalue weighted by Gasteiger charge is 2.18. The smallest absolute Gasteiger partial charge is 0.251 e. The lowest BCUT2D eigenvalue weighted by atomic mass is 9.99. The predicted octanol–water partition coefficient (Wildman–Crippen LogP) is 2.42. The Hall–Kier alpha value is -2.13. The monoisotopic (exact) mass is 294 g/mol. The summed E-state index contributed by atoms with van der Waals surface area (Å²) in [5.74, 6) is 0.635. The van der Waals surface area contributed by atoms with Gasteiger partial charge in [-0.05, 0) is 30.0 Å². The van der Waals surface area contributed by atoms with Gasteiger partial charge < -0.3 is 10.6 Å². The van der Waals surface area contributed by atoms with Gasteiger partial charge in [-0.1, -0.05) is 48.5 Å². The first kappa shape index (κ1) is 14.8. The molecule has 3 heteroatoms. The summed E-state index contributed by atoms with van der Waals surface area (Å²) in [4.78, 5) is 12.4. The lowest BCUT2D eigenvalue weighted by Gasteiger charge is -2.27. The van der Waals surface area contributed by atoms with Gasteiger partial charge in [0.15, 0.2) is 0 Å². The Bertz CT molecular complexity index is 620. The van der Waals surface area contributed by atoms with Crippen molar-refractivity contribution in [2.75, 3.05) is 19.6 Å². The van der Waals surface area contributed by atoms with Crippen LogP contribution in [0.2, 0.25) is 0 Å². The van der Waals surface area contributed by atoms with Crippen molar-refractivity contribution in [1.82, 2.24) is 10.6 Å². The molecule has 3 rings (SSSR count). The lowest BCUT2D eigenvalue weighted by Crippen LogP contribution is -2.48. The Labute approximate surface area is 131 Å². The van der Waals surface area contributed by atoms with E-state index in [2.05, 4.69) is 41.0 Å². The lowest BCUT2D eigenvalue weighted by molar-refractivity contribution is 0.0941. The van der Waals surface area contributed by atoms with Crippen molar-refractivity contribution in [3.8, 4) is 0 Å². The van der Waals surface area contributed by atoms with E-state index in [-0.39, 0.29) is 5.91 Å². The minimum atomic E-state index is 0.0514. The topological polar surface area (TPSA) is 41.1 Å². The fraction of sp³-hybridized carbons (Fsp3) is 0.316. The first-order chi connectivity index (χ1) is 10.8. The van der Waals surface area contributed by atoms with Crippen LogP contribution in [0.15, 0.2) is 54.6 Å². The van der Waals surface area contributed by atoms with Crippen molar-refractivity contribution in [2.24, 2.45) is 5.92 Å². The molecule has 0 spiro atoms. The third-order valence-electron chi connectivity index (χ3n) is 4.21. The molecule has 1 heterocycles. The highest BCUT2D eigenvalue weighted by Crippen LogP contribution is 2.13. The van der Waals surface area contributed by atoms with Gasteiger partial charge in [-0.25, -0.2) is 0 Å². The van der Waals surface area contributed by atoms with Gasteiger partial charge in [0.25, 0.3) is 5.91 Å². The van der Waals surface area contributed by atoms with Gasteiger partial charge >= 0.3 is 0 Å². The molecule has 1 amide bonds. The van der Waals surface area contributed by atoms with Crippen LogP contribution in [0.5, 0.6) is 0 Å². The van der Waals surface area contributed by atoms with Crippen molar-refractivity contribution in [1.29, 1.82) is 0 Å². The molecule has 0 atom stereocenters. The summed E-state index contributed by atoms with van der Waals surface area (Å²) in [5.41, 5.74) is 3.24. The number of hydrogen-bond acceptors (Lipinski definition) is 2. The van der Waals surface area contributed by atoms with Crippen molar-refractivity contribution in [3.63, 3.8) is 0 Å². The molecule has 22 heavy (non-hydrogen) atoms. The molecule has 0 aliphatic carbocycles. The van der Waals surface area contributed by atoms with Crippen LogP contribution in [0, 0.1) is 5.92 Å². The summed E-state index contributed by atoms with van der Waals surface area (Å²) in [6, 6.07) is 18.3. The molecule has 0 radical (unpaired) electrons. The second-order valence-corrected chi connectivity index (χ2v) is 5.88. The van der Waals surface area contributed by atoms with Gasteiger partial charge in [-0.15, -0.1) is 0 Å². The number of carbonyl (C=O) groups excluding carboxylic acids is 1. The molecule has 1 saturated heterocycles. The Balaban J connectivity index is 1.62. The molecular formula is C19H22N2O. The minimum absolute atomic E-state index is 0.0514. The van der Waals surface area contributed by atoms with E-state index in [0.717, 1.165) is 43.6 Å². The summed E-state index contributed by atoms with van der Waals surface area (Å²) in [7, 11) is 0. The Morgan fingerprint density at radius 1 is 1.00 bits per heavy atom. The number of hydrogen-bond donors (Lipinski definition) is 2. The van der Waals surface area contributed by atoms with Gasteiger partial charge in [0.1, 0.15) is 0 Å². The maximum absolute atomic E-state index is 12.4. The van der Waals surface area contributed by atoms with Crippen molar-refractivity contribution >= 4 is 5.91 Å². The third-order valence-corrected chi connectivity index (χ3v) is 4.21. The second-order valence-electron chi connectivity index (χ2n) is 5.88. The fourth-order valence-corrected chi connectivity index (χ4v) is 2.71. The zero-order valence-corrected chi connectivity index (χ0v) is 12.7. The quantitative estimate of drug-likeness (QED) is 0.859. The largest absolute Gasteiger partial charge is 0.352 e. The Morgan fingerprint density at radius 3 is 2.45 bits per heavy atom. The average molecular weight is 294 g/mol. The average Bonchev–Trinajstić information content (AvgIpc) is 2.52. The molecule has 0 aromatic heterocycles. The number of benzene rings is 2. The fourth-order valence-electron chi connectivity index (χ4n) is 2.71. The van der Waals surface area contributed by atoms with E-state index >= 15 is 0 Å². The first-order valence-corrected chi connectivity index (χ1v) is 7.93. The molecule has 2 N–H and O–H groups in total. The van der Waals surface area contributed by atoms with Gasteiger partial charge in [0.05, 0.1) is 0 Å². The highest BCUT2D eigenvalue weighted by molar-refractivity contribution is 5.95. The van der Waals surface area contributed by atoms with Crippen molar-refractivity contribution in [3.05, 3.63) is 71.3 Å². The van der Waals surface area contributed by atoms with Crippen LogP contribution < -0.4 is 10.6 Å². The van der Waals surface area contributed by atoms with Crippen molar-refractivity contribution in [2.45, 2.75) is 12.8 Å². The Kier molecular flexibility index (Phi) is 4.86. The number of rotatable bonds is 6. The molecule has 0 saturated carbocycles. The van der Waals surface area contributed by atoms with E-state index in [4.69, 9.17) is 0 Å². The molecule has 2 aromatic carbocycles. The predicted molar refractivity (Wildman–Crippen MR) is 89.0 cm³/mol. The standard InChI is InChI=1S/C19H22N2O/c22-19(21-14-16-12-20-13-16)18-9-5-4-8-17(18)11-10-15-6-2-1-3-7-15/h1-9,16,20H,10-14H2,(H,21,22). The van der Waals surface area contributed by atoms with E-state index < -0.39 is 0 Å². The van der Waals surface area contributed by atoms with Gasteiger partial charge in [0.2, 0.25) is 0 Å². The normalized spacial score (nSPS) is 14.4. The molecule has 0 unspecified atom stereocenters. The van der Waals surface area contributed by atoms with E-state index in [1.54, 1.807) is 0 Å². The van der Waals surface area contributed by atoms with Crippen LogP contribution in [0.3, 0.4) is 0 Å². The minimum Gasteiger partial charge on any atom is -0.352 e. The highest BCUT2D eigenvalue weighted by atomic mass is 16.1. The molecule has 3 nitrogen and oxygen atoms in total. The van der Waals surface area contributed by atoms with E-state index in [0.29, 0.717) is 5.92 Å². The van der Waals surface area contributed by atoms with Gasteiger partial charge in [-0.2, -0.15) is 0 Å². The zero-order chi connectivity index (χ0) is 15.2. The van der Waals surface area contributed by atoms with Crippen LogP contribution in [0.4, 0.5) is 0 Å². The summed E-state index contributed by atoms with van der Waals surface area (Å²) in [6.45, 7) is 2.78. The number of aryl methyl sites for hydroxylation is 2. The molecular weight excluding hydrogens is 272 g/mol. The molecule has 1 fully saturated rings. The molecule has 1 aliphatic rings. The van der Waals surface area contributed by atoms with Crippen LogP contribution in [-0.4, -0.2) is 25.5 Å². The molecule has 114 valence electrons. The summed E-state index contributed by atoms with van der Waals surface area (Å²) in [6.07, 6.45) is 1.84. The summed E-state index contributed by atoms with van der Waals surface area (Å²) >= 11 is 0. The Morgan fingerprint density at radius 2 is 1.73 bits per heavy atom. The van der Waals surface area contributed by atoms with Crippen LogP contribution in [-0.2, 0) is 12.8 Å². The SMILES string of the molecule is O=C(NCC1CNC1)c1ccccc1CCc1ccccc1. The van der Waals surface area contributed by atoms with Crippen molar-refractivity contribution < 1.29 is 4.79 Å².